The number of hydrogen-bond donors (Lipinski definition) is 5. The second-order valence-corrected chi connectivity index (χ2v) is 9.64. The Morgan fingerprint density at radius 2 is 1.82 bits per heavy atom. The van der Waals surface area contributed by atoms with Gasteiger partial charge in [0, 0.05) is 25.1 Å². The molecule has 15 nitrogen and oxygen atoms in total. The molecule has 0 saturated carbocycles. The molecular formula is C9H16LiN3O12P3. The van der Waals surface area contributed by atoms with Crippen molar-refractivity contribution in [3.63, 3.8) is 0 Å². The van der Waals surface area contributed by atoms with Gasteiger partial charge in [0.05, 0.1) is 12.7 Å². The summed E-state index contributed by atoms with van der Waals surface area (Å²) in [6, 6.07) is 1.38. The summed E-state index contributed by atoms with van der Waals surface area (Å²) in [5, 5.41) is 0. The minimum absolute atomic E-state index is 0. The molecule has 2 heterocycles. The average Bonchev–Trinajstić information content (AvgIpc) is 2.90. The van der Waals surface area contributed by atoms with Crippen LogP contribution in [0.25, 0.3) is 0 Å². The summed E-state index contributed by atoms with van der Waals surface area (Å²) in [4.78, 5) is 50.6. The van der Waals surface area contributed by atoms with E-state index in [-0.39, 0.29) is 31.1 Å². The molecule has 1 aliphatic rings. The summed E-state index contributed by atoms with van der Waals surface area (Å²) in [6.07, 6.45) is 0.456. The first-order valence-electron chi connectivity index (χ1n) is 7.05. The molecule has 0 aromatic carbocycles. The van der Waals surface area contributed by atoms with Crippen LogP contribution in [0.2, 0.25) is 0 Å². The molecule has 6 N–H and O–H groups in total. The quantitative estimate of drug-likeness (QED) is 0.244. The zero-order valence-corrected chi connectivity index (χ0v) is 17.0. The first kappa shape index (κ1) is 25.7. The van der Waals surface area contributed by atoms with Crippen molar-refractivity contribution in [3.8, 4) is 0 Å². The number of phosphoric acid groups is 3. The SMILES string of the molecule is Nc1ccn([C@H]2CC[C@@H](COP(=O)(O)OP(=O)(O)OP(=O)(O)O)O2)c(=O)n1.[Li]. The number of ether oxygens (including phenoxy) is 1. The topological polar surface area (TPSA) is 230 Å². The van der Waals surface area contributed by atoms with Crippen LogP contribution in [-0.4, -0.2) is 60.7 Å². The van der Waals surface area contributed by atoms with Gasteiger partial charge >= 0.3 is 29.2 Å². The number of anilines is 1. The Labute approximate surface area is 169 Å². The minimum Gasteiger partial charge on any atom is -0.383 e. The molecule has 1 aliphatic heterocycles. The van der Waals surface area contributed by atoms with Gasteiger partial charge in [-0.2, -0.15) is 13.6 Å². The van der Waals surface area contributed by atoms with Crippen LogP contribution in [0, 0.1) is 0 Å². The van der Waals surface area contributed by atoms with E-state index in [0.29, 0.717) is 6.42 Å². The molecule has 2 unspecified atom stereocenters. The normalized spacial score (nSPS) is 24.1. The Morgan fingerprint density at radius 3 is 2.39 bits per heavy atom. The molecule has 1 saturated heterocycles. The molecule has 1 aromatic heterocycles. The molecule has 1 aromatic rings. The number of nitrogen functional groups attached to an aromatic ring is 1. The molecule has 0 bridgehead atoms. The molecule has 1 radical (unpaired) electrons. The van der Waals surface area contributed by atoms with Crippen LogP contribution < -0.4 is 11.4 Å². The molecule has 4 atom stereocenters. The molecule has 28 heavy (non-hydrogen) atoms. The van der Waals surface area contributed by atoms with Crippen LogP contribution in [0.4, 0.5) is 5.82 Å². The largest absolute Gasteiger partial charge is 0.490 e. The Balaban J connectivity index is 0.00000392. The van der Waals surface area contributed by atoms with Gasteiger partial charge in [-0.05, 0) is 18.9 Å². The maximum Gasteiger partial charge on any atom is 0.490 e. The van der Waals surface area contributed by atoms with Crippen molar-refractivity contribution in [1.29, 1.82) is 0 Å². The van der Waals surface area contributed by atoms with Crippen molar-refractivity contribution >= 4 is 48.1 Å². The molecular weight excluding hydrogens is 442 g/mol. The minimum atomic E-state index is -5.58. The number of phosphoric ester groups is 1. The molecule has 2 rings (SSSR count). The molecule has 0 amide bonds. The first-order chi connectivity index (χ1) is 12.3. The summed E-state index contributed by atoms with van der Waals surface area (Å²) in [5.41, 5.74) is 4.72. The van der Waals surface area contributed by atoms with Crippen LogP contribution in [0.5, 0.6) is 0 Å². The van der Waals surface area contributed by atoms with Crippen molar-refractivity contribution in [2.75, 3.05) is 12.3 Å². The van der Waals surface area contributed by atoms with E-state index in [1.165, 1.54) is 12.3 Å². The van der Waals surface area contributed by atoms with Crippen LogP contribution in [0.3, 0.4) is 0 Å². The first-order valence-corrected chi connectivity index (χ1v) is 11.6. The van der Waals surface area contributed by atoms with E-state index in [1.807, 2.05) is 0 Å². The Bertz CT molecular complexity index is 889. The van der Waals surface area contributed by atoms with Gasteiger partial charge in [-0.15, -0.1) is 0 Å². The van der Waals surface area contributed by atoms with Gasteiger partial charge in [0.15, 0.2) is 0 Å². The maximum atomic E-state index is 11.7. The summed E-state index contributed by atoms with van der Waals surface area (Å²) < 4.78 is 51.6. The average molecular weight is 458 g/mol. The molecule has 0 spiro atoms. The van der Waals surface area contributed by atoms with E-state index in [1.54, 1.807) is 0 Å². The van der Waals surface area contributed by atoms with Crippen molar-refractivity contribution in [2.24, 2.45) is 0 Å². The third kappa shape index (κ3) is 8.18. The number of rotatable bonds is 8. The van der Waals surface area contributed by atoms with Gasteiger partial charge < -0.3 is 30.0 Å². The fourth-order valence-electron chi connectivity index (χ4n) is 2.14. The third-order valence-electron chi connectivity index (χ3n) is 3.09. The van der Waals surface area contributed by atoms with E-state index in [4.69, 9.17) is 25.2 Å². The van der Waals surface area contributed by atoms with Crippen LogP contribution in [-0.2, 0) is 31.6 Å². The van der Waals surface area contributed by atoms with Gasteiger partial charge in [0.2, 0.25) is 0 Å². The Kier molecular flexibility index (Phi) is 8.84. The summed E-state index contributed by atoms with van der Waals surface area (Å²) in [7, 11) is -16.3. The van der Waals surface area contributed by atoms with E-state index < -0.39 is 48.1 Å². The number of aromatic nitrogens is 2. The predicted octanol–water partition coefficient (Wildman–Crippen LogP) is -0.534. The van der Waals surface area contributed by atoms with Crippen molar-refractivity contribution in [1.82, 2.24) is 9.55 Å². The molecule has 19 heteroatoms. The second-order valence-electron chi connectivity index (χ2n) is 5.22. The van der Waals surface area contributed by atoms with Gasteiger partial charge in [-0.1, -0.05) is 0 Å². The fraction of sp³-hybridized carbons (Fsp3) is 0.556. The summed E-state index contributed by atoms with van der Waals surface area (Å²) in [6.45, 7) is -0.586. The van der Waals surface area contributed by atoms with Gasteiger partial charge in [-0.3, -0.25) is 9.09 Å². The van der Waals surface area contributed by atoms with Crippen molar-refractivity contribution in [3.05, 3.63) is 22.7 Å². The van der Waals surface area contributed by atoms with Crippen LogP contribution in [0.15, 0.2) is 17.1 Å². The molecule has 155 valence electrons. The van der Waals surface area contributed by atoms with E-state index in [9.17, 15) is 23.4 Å². The van der Waals surface area contributed by atoms with E-state index in [2.05, 4.69) is 18.1 Å². The van der Waals surface area contributed by atoms with Crippen LogP contribution in [0.1, 0.15) is 19.1 Å². The van der Waals surface area contributed by atoms with E-state index >= 15 is 0 Å². The summed E-state index contributed by atoms with van der Waals surface area (Å²) in [5.74, 6) is 0.0263. The second kappa shape index (κ2) is 9.64. The van der Waals surface area contributed by atoms with Crippen molar-refractivity contribution in [2.45, 2.75) is 25.2 Å². The van der Waals surface area contributed by atoms with E-state index in [0.717, 1.165) is 4.57 Å². The molecule has 1 fully saturated rings. The van der Waals surface area contributed by atoms with Gasteiger partial charge in [-0.25, -0.2) is 18.5 Å². The Hall–Kier alpha value is -0.353. The zero-order chi connectivity index (χ0) is 20.5. The monoisotopic (exact) mass is 458 g/mol. The number of hydrogen-bond acceptors (Lipinski definition) is 10. The fourth-order valence-corrected chi connectivity index (χ4v) is 5.19. The van der Waals surface area contributed by atoms with Gasteiger partial charge in [0.1, 0.15) is 12.0 Å². The third-order valence-corrected chi connectivity index (χ3v) is 6.89. The maximum absolute atomic E-state index is 11.7. The predicted molar refractivity (Wildman–Crippen MR) is 91.6 cm³/mol. The van der Waals surface area contributed by atoms with Crippen molar-refractivity contribution < 1.29 is 51.2 Å². The Morgan fingerprint density at radius 1 is 1.18 bits per heavy atom. The standard InChI is InChI=1S/C9H16N3O12P3.Li/c10-7-3-4-12(9(13)11-7)8-2-1-6(22-8)5-21-26(17,18)24-27(19,20)23-25(14,15)16;/h3-4,6,8H,1-2,5H2,(H,17,18)(H,19,20)(H2,10,11,13)(H2,14,15,16);/t6-,8+;/m0./s1. The summed E-state index contributed by atoms with van der Waals surface area (Å²) >= 11 is 0. The molecule has 0 aliphatic carbocycles. The van der Waals surface area contributed by atoms with Crippen LogP contribution >= 0.6 is 23.5 Å². The number of nitrogens with zero attached hydrogens (tertiary/aromatic N) is 2. The smallest absolute Gasteiger partial charge is 0.383 e. The number of nitrogens with two attached hydrogens (primary N) is 1. The van der Waals surface area contributed by atoms with Gasteiger partial charge in [0.25, 0.3) is 0 Å². The zero-order valence-electron chi connectivity index (χ0n) is 14.3.